The third-order valence-electron chi connectivity index (χ3n) is 4.63. The van der Waals surface area contributed by atoms with Gasteiger partial charge in [-0.1, -0.05) is 24.3 Å². The summed E-state index contributed by atoms with van der Waals surface area (Å²) in [6.45, 7) is 0.0571. The van der Waals surface area contributed by atoms with Gasteiger partial charge in [-0.3, -0.25) is 0 Å². The van der Waals surface area contributed by atoms with Crippen LogP contribution in [0.25, 0.3) is 0 Å². The van der Waals surface area contributed by atoms with Crippen molar-refractivity contribution < 1.29 is 18.3 Å². The largest absolute Gasteiger partial charge is 0.424 e. The summed E-state index contributed by atoms with van der Waals surface area (Å²) in [5.41, 5.74) is -0.501. The van der Waals surface area contributed by atoms with Crippen LogP contribution in [0.1, 0.15) is 23.4 Å². The van der Waals surface area contributed by atoms with Gasteiger partial charge in [0.15, 0.2) is 0 Å². The Kier molecular flexibility index (Phi) is 4.40. The Hall–Kier alpha value is -1.86. The van der Waals surface area contributed by atoms with E-state index in [1.807, 2.05) is 24.3 Å². The number of rotatable bonds is 5. The number of fused-ring (bicyclic) bond motifs is 1. The molecule has 1 aromatic carbocycles. The maximum atomic E-state index is 13.4. The zero-order valence-corrected chi connectivity index (χ0v) is 13.3. The van der Waals surface area contributed by atoms with Gasteiger partial charge >= 0.3 is 6.18 Å². The molecular formula is C17H20F3N3O. The Morgan fingerprint density at radius 2 is 1.88 bits per heavy atom. The van der Waals surface area contributed by atoms with E-state index in [1.54, 1.807) is 0 Å². The fourth-order valence-electron chi connectivity index (χ4n) is 3.30. The van der Waals surface area contributed by atoms with Crippen LogP contribution in [-0.2, 0) is 25.5 Å². The average molecular weight is 339 g/mol. The molecule has 7 heteroatoms. The number of aromatic nitrogens is 2. The minimum absolute atomic E-state index is 0.0571. The molecule has 0 aliphatic heterocycles. The van der Waals surface area contributed by atoms with Crippen molar-refractivity contribution in [3.8, 4) is 0 Å². The lowest BCUT2D eigenvalue weighted by molar-refractivity contribution is -0.272. The summed E-state index contributed by atoms with van der Waals surface area (Å²) in [6.07, 6.45) is -1.02. The molecule has 3 rings (SSSR count). The van der Waals surface area contributed by atoms with Gasteiger partial charge in [-0.15, -0.1) is 0 Å². The van der Waals surface area contributed by atoms with Crippen molar-refractivity contribution in [2.45, 2.75) is 37.1 Å². The molecule has 0 amide bonds. The normalized spacial score (nSPS) is 17.7. The molecule has 0 saturated heterocycles. The van der Waals surface area contributed by atoms with E-state index in [1.165, 1.54) is 35.1 Å². The lowest BCUT2D eigenvalue weighted by Gasteiger charge is -2.30. The van der Waals surface area contributed by atoms with Crippen molar-refractivity contribution in [1.29, 1.82) is 0 Å². The van der Waals surface area contributed by atoms with Crippen LogP contribution >= 0.6 is 0 Å². The van der Waals surface area contributed by atoms with Gasteiger partial charge in [0.25, 0.3) is 0 Å². The Bertz CT molecular complexity index is 688. The predicted molar refractivity (Wildman–Crippen MR) is 83.4 cm³/mol. The smallest absolute Gasteiger partial charge is 0.374 e. The maximum Gasteiger partial charge on any atom is 0.424 e. The van der Waals surface area contributed by atoms with Gasteiger partial charge in [-0.25, -0.2) is 4.98 Å². The minimum Gasteiger partial charge on any atom is -0.374 e. The van der Waals surface area contributed by atoms with Gasteiger partial charge in [0.05, 0.1) is 0 Å². The third kappa shape index (κ3) is 3.06. The van der Waals surface area contributed by atoms with Gasteiger partial charge in [0, 0.05) is 31.9 Å². The molecule has 130 valence electrons. The second kappa shape index (κ2) is 6.22. The van der Waals surface area contributed by atoms with Crippen molar-refractivity contribution in [2.75, 3.05) is 6.54 Å². The number of imidazole rings is 1. The van der Waals surface area contributed by atoms with E-state index in [4.69, 9.17) is 0 Å². The van der Waals surface area contributed by atoms with Crippen LogP contribution in [0.4, 0.5) is 13.2 Å². The van der Waals surface area contributed by atoms with E-state index >= 15 is 0 Å². The highest BCUT2D eigenvalue weighted by Gasteiger charge is 2.57. The number of hydrogen-bond acceptors (Lipinski definition) is 3. The van der Waals surface area contributed by atoms with Gasteiger partial charge in [-0.05, 0) is 30.5 Å². The first kappa shape index (κ1) is 17.0. The molecule has 0 spiro atoms. The van der Waals surface area contributed by atoms with E-state index in [0.29, 0.717) is 0 Å². The summed E-state index contributed by atoms with van der Waals surface area (Å²) < 4.78 is 41.5. The van der Waals surface area contributed by atoms with Crippen LogP contribution in [0.2, 0.25) is 0 Å². The molecule has 1 aliphatic carbocycles. The summed E-state index contributed by atoms with van der Waals surface area (Å²) >= 11 is 0. The summed E-state index contributed by atoms with van der Waals surface area (Å²) in [7, 11) is 1.44. The highest BCUT2D eigenvalue weighted by atomic mass is 19.4. The topological polar surface area (TPSA) is 50.1 Å². The molecule has 0 radical (unpaired) electrons. The van der Waals surface area contributed by atoms with Crippen LogP contribution in [0.5, 0.6) is 0 Å². The number of nitrogens with one attached hydrogen (secondary N) is 1. The fraction of sp³-hybridized carbons (Fsp3) is 0.471. The maximum absolute atomic E-state index is 13.4. The Labute approximate surface area is 138 Å². The number of nitrogens with zero attached hydrogens (tertiary/aromatic N) is 2. The average Bonchev–Trinajstić information content (AvgIpc) is 3.11. The van der Waals surface area contributed by atoms with Crippen molar-refractivity contribution in [2.24, 2.45) is 7.05 Å². The Balaban J connectivity index is 1.65. The van der Waals surface area contributed by atoms with E-state index < -0.39 is 18.2 Å². The lowest BCUT2D eigenvalue weighted by Crippen LogP contribution is -2.47. The molecule has 4 nitrogen and oxygen atoms in total. The lowest BCUT2D eigenvalue weighted by atomic mass is 9.97. The van der Waals surface area contributed by atoms with Crippen molar-refractivity contribution in [3.05, 3.63) is 53.6 Å². The predicted octanol–water partition coefficient (Wildman–Crippen LogP) is 2.32. The van der Waals surface area contributed by atoms with Crippen molar-refractivity contribution >= 4 is 0 Å². The standard InChI is InChI=1S/C17H20F3N3O/c1-23-9-8-22-15(23)16(24,17(18,19)20)6-7-21-14-10-12-4-2-3-5-13(12)11-14/h2-5,8-9,14,21,24H,6-7,10-11H2,1H3. The van der Waals surface area contributed by atoms with Gasteiger partial charge < -0.3 is 15.0 Å². The number of alkyl halides is 3. The fourth-order valence-corrected chi connectivity index (χ4v) is 3.30. The van der Waals surface area contributed by atoms with E-state index in [0.717, 1.165) is 12.8 Å². The number of aryl methyl sites for hydroxylation is 1. The number of benzene rings is 1. The zero-order chi connectivity index (χ0) is 17.4. The molecule has 1 aliphatic rings. The molecule has 1 atom stereocenters. The molecule has 1 aromatic heterocycles. The number of aliphatic hydroxyl groups is 1. The monoisotopic (exact) mass is 339 g/mol. The highest BCUT2D eigenvalue weighted by Crippen LogP contribution is 2.40. The van der Waals surface area contributed by atoms with E-state index in [-0.39, 0.29) is 18.4 Å². The van der Waals surface area contributed by atoms with Gasteiger partial charge in [-0.2, -0.15) is 13.2 Å². The van der Waals surface area contributed by atoms with Gasteiger partial charge in [0.2, 0.25) is 5.60 Å². The third-order valence-corrected chi connectivity index (χ3v) is 4.63. The van der Waals surface area contributed by atoms with Crippen molar-refractivity contribution in [1.82, 2.24) is 14.9 Å². The molecule has 1 heterocycles. The summed E-state index contributed by atoms with van der Waals surface area (Å²) in [6, 6.07) is 8.10. The van der Waals surface area contributed by atoms with E-state index in [2.05, 4.69) is 10.3 Å². The molecule has 0 fully saturated rings. The number of hydrogen-bond donors (Lipinski definition) is 2. The molecule has 0 bridgehead atoms. The quantitative estimate of drug-likeness (QED) is 0.879. The summed E-state index contributed by atoms with van der Waals surface area (Å²) in [5, 5.41) is 13.4. The zero-order valence-electron chi connectivity index (χ0n) is 13.3. The van der Waals surface area contributed by atoms with Crippen LogP contribution in [0, 0.1) is 0 Å². The highest BCUT2D eigenvalue weighted by molar-refractivity contribution is 5.33. The first-order valence-electron chi connectivity index (χ1n) is 7.88. The second-order valence-corrected chi connectivity index (χ2v) is 6.30. The SMILES string of the molecule is Cn1ccnc1C(O)(CCNC1Cc2ccccc2C1)C(F)(F)F. The minimum atomic E-state index is -4.79. The number of halogens is 3. The van der Waals surface area contributed by atoms with Crippen LogP contribution in [0.15, 0.2) is 36.7 Å². The molecule has 2 aromatic rings. The van der Waals surface area contributed by atoms with Crippen LogP contribution in [0.3, 0.4) is 0 Å². The molecule has 2 N–H and O–H groups in total. The Morgan fingerprint density at radius 1 is 1.25 bits per heavy atom. The molecular weight excluding hydrogens is 319 g/mol. The van der Waals surface area contributed by atoms with Gasteiger partial charge in [0.1, 0.15) is 5.82 Å². The van der Waals surface area contributed by atoms with E-state index in [9.17, 15) is 18.3 Å². The van der Waals surface area contributed by atoms with Crippen LogP contribution in [-0.4, -0.2) is 33.4 Å². The van der Waals surface area contributed by atoms with Crippen molar-refractivity contribution in [3.63, 3.8) is 0 Å². The molecule has 0 saturated carbocycles. The molecule has 1 unspecified atom stereocenters. The molecule has 24 heavy (non-hydrogen) atoms. The summed E-state index contributed by atoms with van der Waals surface area (Å²) in [5.74, 6) is -0.383. The Morgan fingerprint density at radius 3 is 2.38 bits per heavy atom. The second-order valence-electron chi connectivity index (χ2n) is 6.30. The summed E-state index contributed by atoms with van der Waals surface area (Å²) in [4.78, 5) is 3.70. The first-order chi connectivity index (χ1) is 11.3. The van der Waals surface area contributed by atoms with Crippen LogP contribution < -0.4 is 5.32 Å². The first-order valence-corrected chi connectivity index (χ1v) is 7.88.